The molecule has 0 aliphatic carbocycles. The van der Waals surface area contributed by atoms with Crippen LogP contribution in [0.4, 0.5) is 0 Å². The Morgan fingerprint density at radius 1 is 1.23 bits per heavy atom. The molecule has 13 heavy (non-hydrogen) atoms. The Hall–Kier alpha value is -0.630. The summed E-state index contributed by atoms with van der Waals surface area (Å²) in [5.74, 6) is 0.162. The van der Waals surface area contributed by atoms with Crippen LogP contribution in [0.25, 0.3) is 0 Å². The number of carbonyl (C=O) groups excluding carboxylic acids is 1. The van der Waals surface area contributed by atoms with Crippen LogP contribution in [-0.4, -0.2) is 30.3 Å². The van der Waals surface area contributed by atoms with Crippen molar-refractivity contribution < 1.29 is 4.79 Å². The monoisotopic (exact) mass is 181 g/mol. The van der Waals surface area contributed by atoms with Crippen LogP contribution in [0.1, 0.15) is 33.1 Å². The standard InChI is InChI=1S/C11H19NO/c1-10(8-11(2)13)9-12-6-4-3-5-7-12/h8H,3-7,9H2,1-2H3. The maximum Gasteiger partial charge on any atom is 0.152 e. The van der Waals surface area contributed by atoms with E-state index in [1.807, 2.05) is 6.92 Å². The highest BCUT2D eigenvalue weighted by Gasteiger charge is 2.09. The van der Waals surface area contributed by atoms with Crippen LogP contribution in [0.5, 0.6) is 0 Å². The molecule has 0 aromatic rings. The van der Waals surface area contributed by atoms with Crippen molar-refractivity contribution >= 4 is 5.78 Å². The van der Waals surface area contributed by atoms with Gasteiger partial charge in [-0.25, -0.2) is 0 Å². The van der Waals surface area contributed by atoms with Gasteiger partial charge in [-0.1, -0.05) is 12.0 Å². The summed E-state index contributed by atoms with van der Waals surface area (Å²) < 4.78 is 0. The van der Waals surface area contributed by atoms with E-state index in [1.165, 1.54) is 37.9 Å². The number of rotatable bonds is 3. The number of hydrogen-bond donors (Lipinski definition) is 0. The highest BCUT2D eigenvalue weighted by Crippen LogP contribution is 2.10. The molecule has 0 atom stereocenters. The first-order valence-electron chi connectivity index (χ1n) is 5.08. The van der Waals surface area contributed by atoms with Crippen molar-refractivity contribution in [1.82, 2.24) is 4.90 Å². The average Bonchev–Trinajstić information content (AvgIpc) is 2.04. The highest BCUT2D eigenvalue weighted by atomic mass is 16.1. The van der Waals surface area contributed by atoms with Crippen molar-refractivity contribution in [3.63, 3.8) is 0 Å². The molecule has 1 rings (SSSR count). The molecule has 1 aliphatic heterocycles. The SMILES string of the molecule is CC(=O)C=C(C)CN1CCCCC1. The molecule has 1 fully saturated rings. The van der Waals surface area contributed by atoms with Crippen LogP contribution in [0.15, 0.2) is 11.6 Å². The zero-order valence-corrected chi connectivity index (χ0v) is 8.68. The molecular weight excluding hydrogens is 162 g/mol. The Kier molecular flexibility index (Phi) is 4.16. The lowest BCUT2D eigenvalue weighted by Crippen LogP contribution is -2.31. The van der Waals surface area contributed by atoms with E-state index in [9.17, 15) is 4.79 Å². The lowest BCUT2D eigenvalue weighted by Gasteiger charge is -2.26. The van der Waals surface area contributed by atoms with Crippen molar-refractivity contribution in [2.75, 3.05) is 19.6 Å². The van der Waals surface area contributed by atoms with E-state index in [0.717, 1.165) is 6.54 Å². The summed E-state index contributed by atoms with van der Waals surface area (Å²) in [5.41, 5.74) is 1.19. The van der Waals surface area contributed by atoms with Gasteiger partial charge in [0, 0.05) is 6.54 Å². The molecule has 0 aromatic carbocycles. The van der Waals surface area contributed by atoms with Gasteiger partial charge in [0.15, 0.2) is 5.78 Å². The van der Waals surface area contributed by atoms with Gasteiger partial charge in [0.25, 0.3) is 0 Å². The van der Waals surface area contributed by atoms with Gasteiger partial charge in [-0.05, 0) is 45.9 Å². The molecule has 1 heterocycles. The third kappa shape index (κ3) is 4.23. The molecule has 0 bridgehead atoms. The Labute approximate surface area is 80.6 Å². The van der Waals surface area contributed by atoms with Gasteiger partial charge in [0.05, 0.1) is 0 Å². The molecule has 2 nitrogen and oxygen atoms in total. The zero-order valence-electron chi connectivity index (χ0n) is 8.68. The van der Waals surface area contributed by atoms with E-state index >= 15 is 0 Å². The smallest absolute Gasteiger partial charge is 0.152 e. The molecule has 0 saturated carbocycles. The molecular formula is C11H19NO. The zero-order chi connectivity index (χ0) is 9.68. The van der Waals surface area contributed by atoms with E-state index < -0.39 is 0 Å². The summed E-state index contributed by atoms with van der Waals surface area (Å²) >= 11 is 0. The molecule has 0 radical (unpaired) electrons. The Bertz CT molecular complexity index is 202. The van der Waals surface area contributed by atoms with Gasteiger partial charge >= 0.3 is 0 Å². The van der Waals surface area contributed by atoms with Gasteiger partial charge in [0.1, 0.15) is 0 Å². The average molecular weight is 181 g/mol. The second kappa shape index (κ2) is 5.18. The maximum atomic E-state index is 10.8. The fourth-order valence-electron chi connectivity index (χ4n) is 1.86. The third-order valence-electron chi connectivity index (χ3n) is 2.37. The molecule has 1 saturated heterocycles. The van der Waals surface area contributed by atoms with Crippen LogP contribution in [-0.2, 0) is 4.79 Å². The van der Waals surface area contributed by atoms with Gasteiger partial charge < -0.3 is 0 Å². The summed E-state index contributed by atoms with van der Waals surface area (Å²) in [7, 11) is 0. The Morgan fingerprint density at radius 3 is 2.38 bits per heavy atom. The summed E-state index contributed by atoms with van der Waals surface area (Å²) in [6.07, 6.45) is 5.74. The largest absolute Gasteiger partial charge is 0.299 e. The molecule has 0 amide bonds. The fourth-order valence-corrected chi connectivity index (χ4v) is 1.86. The number of nitrogens with zero attached hydrogens (tertiary/aromatic N) is 1. The number of piperidine rings is 1. The minimum atomic E-state index is 0.162. The second-order valence-electron chi connectivity index (χ2n) is 3.94. The van der Waals surface area contributed by atoms with Crippen molar-refractivity contribution in [2.24, 2.45) is 0 Å². The second-order valence-corrected chi connectivity index (χ2v) is 3.94. The predicted molar refractivity (Wildman–Crippen MR) is 54.7 cm³/mol. The first kappa shape index (κ1) is 10.5. The van der Waals surface area contributed by atoms with Gasteiger partial charge in [-0.3, -0.25) is 9.69 Å². The number of ketones is 1. The lowest BCUT2D eigenvalue weighted by atomic mass is 10.1. The minimum absolute atomic E-state index is 0.162. The van der Waals surface area contributed by atoms with Crippen molar-refractivity contribution in [1.29, 1.82) is 0 Å². The van der Waals surface area contributed by atoms with E-state index in [4.69, 9.17) is 0 Å². The lowest BCUT2D eigenvalue weighted by molar-refractivity contribution is -0.112. The van der Waals surface area contributed by atoms with Crippen LogP contribution in [0.3, 0.4) is 0 Å². The third-order valence-corrected chi connectivity index (χ3v) is 2.37. The summed E-state index contributed by atoms with van der Waals surface area (Å²) in [4.78, 5) is 13.2. The van der Waals surface area contributed by atoms with Crippen LogP contribution >= 0.6 is 0 Å². The highest BCUT2D eigenvalue weighted by molar-refractivity contribution is 5.87. The molecule has 1 aliphatic rings. The van der Waals surface area contributed by atoms with Gasteiger partial charge in [-0.15, -0.1) is 0 Å². The van der Waals surface area contributed by atoms with E-state index in [1.54, 1.807) is 13.0 Å². The first-order chi connectivity index (χ1) is 6.18. The maximum absolute atomic E-state index is 10.8. The normalized spacial score (nSPS) is 20.3. The predicted octanol–water partition coefficient (Wildman–Crippen LogP) is 2.01. The van der Waals surface area contributed by atoms with Crippen LogP contribution < -0.4 is 0 Å². The summed E-state index contributed by atoms with van der Waals surface area (Å²) in [6.45, 7) is 7.02. The number of carbonyl (C=O) groups is 1. The number of likely N-dealkylation sites (tertiary alicyclic amines) is 1. The molecule has 0 aromatic heterocycles. The molecule has 74 valence electrons. The Balaban J connectivity index is 2.33. The summed E-state index contributed by atoms with van der Waals surface area (Å²) in [6, 6.07) is 0. The number of allylic oxidation sites excluding steroid dienone is 1. The Morgan fingerprint density at radius 2 is 1.85 bits per heavy atom. The quantitative estimate of drug-likeness (QED) is 0.621. The van der Waals surface area contributed by atoms with Gasteiger partial charge in [0.2, 0.25) is 0 Å². The summed E-state index contributed by atoms with van der Waals surface area (Å²) in [5, 5.41) is 0. The molecule has 0 spiro atoms. The topological polar surface area (TPSA) is 20.3 Å². The van der Waals surface area contributed by atoms with E-state index in [2.05, 4.69) is 4.90 Å². The van der Waals surface area contributed by atoms with E-state index in [0.29, 0.717) is 0 Å². The first-order valence-corrected chi connectivity index (χ1v) is 5.08. The van der Waals surface area contributed by atoms with Crippen molar-refractivity contribution in [2.45, 2.75) is 33.1 Å². The van der Waals surface area contributed by atoms with E-state index in [-0.39, 0.29) is 5.78 Å². The fraction of sp³-hybridized carbons (Fsp3) is 0.727. The molecule has 0 N–H and O–H groups in total. The molecule has 0 unspecified atom stereocenters. The molecule has 2 heteroatoms. The van der Waals surface area contributed by atoms with Gasteiger partial charge in [-0.2, -0.15) is 0 Å². The van der Waals surface area contributed by atoms with Crippen molar-refractivity contribution in [3.8, 4) is 0 Å². The minimum Gasteiger partial charge on any atom is -0.299 e. The number of hydrogen-bond acceptors (Lipinski definition) is 2. The van der Waals surface area contributed by atoms with Crippen LogP contribution in [0.2, 0.25) is 0 Å². The van der Waals surface area contributed by atoms with Crippen LogP contribution in [0, 0.1) is 0 Å². The van der Waals surface area contributed by atoms with Crippen molar-refractivity contribution in [3.05, 3.63) is 11.6 Å².